The standard InChI is InChI=1S/C14H23O2Si/c1-14(2,3)13(16-17(4)5)12-8-6-7-11(9-12)10-15/h6-9,13,15H,10H2,1-5H3. The fourth-order valence-corrected chi connectivity index (χ4v) is 2.80. The number of aliphatic hydroxyl groups is 1. The Labute approximate surface area is 106 Å². The Kier molecular flexibility index (Phi) is 4.92. The number of hydrogen-bond acceptors (Lipinski definition) is 2. The van der Waals surface area contributed by atoms with E-state index in [1.165, 1.54) is 0 Å². The first-order valence-electron chi connectivity index (χ1n) is 6.01. The second-order valence-corrected chi connectivity index (χ2v) is 7.73. The van der Waals surface area contributed by atoms with Crippen LogP contribution in [0.5, 0.6) is 0 Å². The lowest BCUT2D eigenvalue weighted by Crippen LogP contribution is -2.26. The summed E-state index contributed by atoms with van der Waals surface area (Å²) in [6, 6.07) is 8.05. The molecular formula is C14H23O2Si. The zero-order valence-electron chi connectivity index (χ0n) is 11.4. The number of rotatable bonds is 4. The number of hydrogen-bond donors (Lipinski definition) is 1. The third-order valence-electron chi connectivity index (χ3n) is 2.58. The molecule has 0 fully saturated rings. The molecule has 2 nitrogen and oxygen atoms in total. The second-order valence-electron chi connectivity index (χ2n) is 5.68. The van der Waals surface area contributed by atoms with Crippen molar-refractivity contribution in [2.75, 3.05) is 0 Å². The molecule has 1 unspecified atom stereocenters. The summed E-state index contributed by atoms with van der Waals surface area (Å²) in [6.45, 7) is 11.0. The lowest BCUT2D eigenvalue weighted by Gasteiger charge is -2.33. The predicted octanol–water partition coefficient (Wildman–Crippen LogP) is 3.53. The van der Waals surface area contributed by atoms with Crippen LogP contribution in [0.25, 0.3) is 0 Å². The van der Waals surface area contributed by atoms with Gasteiger partial charge in [-0.2, -0.15) is 0 Å². The molecule has 1 aromatic carbocycles. The summed E-state index contributed by atoms with van der Waals surface area (Å²) in [7, 11) is -0.745. The van der Waals surface area contributed by atoms with E-state index in [-0.39, 0.29) is 18.1 Å². The van der Waals surface area contributed by atoms with Gasteiger partial charge in [-0.05, 0) is 29.6 Å². The van der Waals surface area contributed by atoms with E-state index < -0.39 is 9.04 Å². The average Bonchev–Trinajstić information content (AvgIpc) is 2.24. The Balaban J connectivity index is 3.04. The van der Waals surface area contributed by atoms with E-state index in [0.29, 0.717) is 0 Å². The maximum absolute atomic E-state index is 9.19. The first kappa shape index (κ1) is 14.4. The molecule has 0 saturated heterocycles. The van der Waals surface area contributed by atoms with Crippen LogP contribution in [0.3, 0.4) is 0 Å². The topological polar surface area (TPSA) is 29.5 Å². The molecule has 0 heterocycles. The molecule has 0 aliphatic heterocycles. The molecule has 0 aliphatic rings. The highest BCUT2D eigenvalue weighted by Gasteiger charge is 2.28. The molecule has 0 amide bonds. The molecular weight excluding hydrogens is 228 g/mol. The lowest BCUT2D eigenvalue weighted by molar-refractivity contribution is 0.0864. The van der Waals surface area contributed by atoms with Gasteiger partial charge in [0, 0.05) is 0 Å². The van der Waals surface area contributed by atoms with Crippen LogP contribution in [-0.4, -0.2) is 14.1 Å². The van der Waals surface area contributed by atoms with E-state index in [2.05, 4.69) is 39.9 Å². The van der Waals surface area contributed by atoms with Crippen molar-refractivity contribution in [2.45, 2.75) is 46.6 Å². The van der Waals surface area contributed by atoms with Crippen LogP contribution in [0.4, 0.5) is 0 Å². The van der Waals surface area contributed by atoms with Gasteiger partial charge >= 0.3 is 0 Å². The zero-order valence-corrected chi connectivity index (χ0v) is 12.4. The smallest absolute Gasteiger partial charge is 0.205 e. The Hall–Kier alpha value is -0.643. The SMILES string of the molecule is C[Si](C)OC(c1cccc(CO)c1)C(C)(C)C. The van der Waals surface area contributed by atoms with Crippen LogP contribution in [0.15, 0.2) is 24.3 Å². The fraction of sp³-hybridized carbons (Fsp3) is 0.571. The van der Waals surface area contributed by atoms with Crippen molar-refractivity contribution >= 4 is 9.04 Å². The molecule has 0 spiro atoms. The van der Waals surface area contributed by atoms with Crippen molar-refractivity contribution in [1.29, 1.82) is 0 Å². The molecule has 1 aromatic rings. The lowest BCUT2D eigenvalue weighted by atomic mass is 9.84. The molecule has 0 aliphatic carbocycles. The third-order valence-corrected chi connectivity index (χ3v) is 3.28. The molecule has 0 saturated carbocycles. The van der Waals surface area contributed by atoms with Crippen molar-refractivity contribution in [1.82, 2.24) is 0 Å². The second kappa shape index (κ2) is 5.80. The summed E-state index contributed by atoms with van der Waals surface area (Å²) in [5, 5.41) is 9.19. The minimum atomic E-state index is -0.745. The quantitative estimate of drug-likeness (QED) is 0.830. The first-order chi connectivity index (χ1) is 7.84. The molecule has 95 valence electrons. The summed E-state index contributed by atoms with van der Waals surface area (Å²) < 4.78 is 6.12. The van der Waals surface area contributed by atoms with Gasteiger partial charge in [0.25, 0.3) is 0 Å². The van der Waals surface area contributed by atoms with Gasteiger partial charge in [-0.1, -0.05) is 45.0 Å². The Morgan fingerprint density at radius 2 is 1.94 bits per heavy atom. The maximum atomic E-state index is 9.19. The maximum Gasteiger partial charge on any atom is 0.205 e. The van der Waals surface area contributed by atoms with Crippen molar-refractivity contribution in [3.8, 4) is 0 Å². The largest absolute Gasteiger partial charge is 0.410 e. The average molecular weight is 251 g/mol. The normalized spacial score (nSPS) is 14.1. The van der Waals surface area contributed by atoms with E-state index in [0.717, 1.165) is 11.1 Å². The monoisotopic (exact) mass is 251 g/mol. The summed E-state index contributed by atoms with van der Waals surface area (Å²) in [6.07, 6.45) is 0.0953. The van der Waals surface area contributed by atoms with Gasteiger partial charge in [0.15, 0.2) is 0 Å². The Morgan fingerprint density at radius 3 is 2.41 bits per heavy atom. The van der Waals surface area contributed by atoms with Crippen molar-refractivity contribution < 1.29 is 9.53 Å². The third kappa shape index (κ3) is 4.26. The van der Waals surface area contributed by atoms with Gasteiger partial charge in [0.2, 0.25) is 9.04 Å². The predicted molar refractivity (Wildman–Crippen MR) is 73.1 cm³/mol. The fourth-order valence-electron chi connectivity index (χ4n) is 1.84. The van der Waals surface area contributed by atoms with Crippen molar-refractivity contribution in [3.63, 3.8) is 0 Å². The van der Waals surface area contributed by atoms with E-state index in [1.807, 2.05) is 18.2 Å². The van der Waals surface area contributed by atoms with Crippen molar-refractivity contribution in [3.05, 3.63) is 35.4 Å². The van der Waals surface area contributed by atoms with Crippen LogP contribution < -0.4 is 0 Å². The van der Waals surface area contributed by atoms with Crippen LogP contribution >= 0.6 is 0 Å². The van der Waals surface area contributed by atoms with Crippen molar-refractivity contribution in [2.24, 2.45) is 5.41 Å². The number of benzene rings is 1. The summed E-state index contributed by atoms with van der Waals surface area (Å²) in [5.74, 6) is 0. The van der Waals surface area contributed by atoms with Crippen LogP contribution in [0.1, 0.15) is 38.0 Å². The van der Waals surface area contributed by atoms with E-state index in [4.69, 9.17) is 4.43 Å². The first-order valence-corrected chi connectivity index (χ1v) is 8.42. The summed E-state index contributed by atoms with van der Waals surface area (Å²) >= 11 is 0. The van der Waals surface area contributed by atoms with Gasteiger partial charge < -0.3 is 9.53 Å². The van der Waals surface area contributed by atoms with Crippen LogP contribution in [0.2, 0.25) is 13.1 Å². The molecule has 3 heteroatoms. The van der Waals surface area contributed by atoms with E-state index >= 15 is 0 Å². The minimum Gasteiger partial charge on any atom is -0.410 e. The molecule has 17 heavy (non-hydrogen) atoms. The molecule has 0 bridgehead atoms. The highest BCUT2D eigenvalue weighted by atomic mass is 28.3. The van der Waals surface area contributed by atoms with Gasteiger partial charge in [0.05, 0.1) is 12.7 Å². The van der Waals surface area contributed by atoms with Gasteiger partial charge in [-0.15, -0.1) is 0 Å². The molecule has 1 radical (unpaired) electrons. The highest BCUT2D eigenvalue weighted by Crippen LogP contribution is 2.36. The van der Waals surface area contributed by atoms with Gasteiger partial charge in [0.1, 0.15) is 0 Å². The van der Waals surface area contributed by atoms with E-state index in [9.17, 15) is 5.11 Å². The van der Waals surface area contributed by atoms with Crippen LogP contribution in [0, 0.1) is 5.41 Å². The molecule has 1 atom stereocenters. The zero-order chi connectivity index (χ0) is 13.1. The summed E-state index contributed by atoms with van der Waals surface area (Å²) in [4.78, 5) is 0. The van der Waals surface area contributed by atoms with Gasteiger partial charge in [-0.3, -0.25) is 0 Å². The summed E-state index contributed by atoms with van der Waals surface area (Å²) in [5.41, 5.74) is 2.17. The molecule has 0 aromatic heterocycles. The van der Waals surface area contributed by atoms with Gasteiger partial charge in [-0.25, -0.2) is 0 Å². The van der Waals surface area contributed by atoms with E-state index in [1.54, 1.807) is 0 Å². The highest BCUT2D eigenvalue weighted by molar-refractivity contribution is 6.48. The van der Waals surface area contributed by atoms with Crippen LogP contribution in [-0.2, 0) is 11.0 Å². The minimum absolute atomic E-state index is 0.0655. The molecule has 1 rings (SSSR count). The Bertz CT molecular complexity index is 355. The Morgan fingerprint density at radius 1 is 1.29 bits per heavy atom. The number of aliphatic hydroxyl groups excluding tert-OH is 1. The molecule has 1 N–H and O–H groups in total.